The highest BCUT2D eigenvalue weighted by atomic mass is 16.5. The zero-order valence-electron chi connectivity index (χ0n) is 11.8. The average Bonchev–Trinajstić information content (AvgIpc) is 2.56. The van der Waals surface area contributed by atoms with E-state index in [-0.39, 0.29) is 0 Å². The Bertz CT molecular complexity index is 584. The van der Waals surface area contributed by atoms with Crippen LogP contribution in [0.15, 0.2) is 30.7 Å². The van der Waals surface area contributed by atoms with E-state index < -0.39 is 0 Å². The number of aromatic nitrogens is 3. The molecule has 0 bridgehead atoms. The van der Waals surface area contributed by atoms with Crippen molar-refractivity contribution in [3.8, 4) is 11.3 Å². The van der Waals surface area contributed by atoms with Gasteiger partial charge in [-0.25, -0.2) is 9.97 Å². The average molecular weight is 285 g/mol. The Morgan fingerprint density at radius 3 is 2.76 bits per heavy atom. The zero-order chi connectivity index (χ0) is 14.5. The van der Waals surface area contributed by atoms with E-state index in [4.69, 9.17) is 10.5 Å². The van der Waals surface area contributed by atoms with Crippen LogP contribution in [0.25, 0.3) is 11.3 Å². The molecule has 110 valence electrons. The van der Waals surface area contributed by atoms with Crippen LogP contribution < -0.4 is 11.1 Å². The van der Waals surface area contributed by atoms with Crippen molar-refractivity contribution < 1.29 is 4.74 Å². The molecule has 3 N–H and O–H groups in total. The maximum atomic E-state index is 5.91. The van der Waals surface area contributed by atoms with Crippen LogP contribution >= 0.6 is 0 Å². The maximum absolute atomic E-state index is 5.91. The van der Waals surface area contributed by atoms with E-state index in [0.29, 0.717) is 17.6 Å². The number of nitrogen functional groups attached to an aromatic ring is 1. The second-order valence-corrected chi connectivity index (χ2v) is 5.16. The third-order valence-corrected chi connectivity index (χ3v) is 3.68. The van der Waals surface area contributed by atoms with Crippen molar-refractivity contribution in [3.63, 3.8) is 0 Å². The van der Waals surface area contributed by atoms with E-state index >= 15 is 0 Å². The lowest BCUT2D eigenvalue weighted by atomic mass is 10.0. The molecule has 6 heteroatoms. The summed E-state index contributed by atoms with van der Waals surface area (Å²) in [5.41, 5.74) is 7.68. The van der Waals surface area contributed by atoms with Crippen molar-refractivity contribution in [1.29, 1.82) is 0 Å². The van der Waals surface area contributed by atoms with Crippen LogP contribution in [-0.2, 0) is 4.74 Å². The number of hydrogen-bond acceptors (Lipinski definition) is 6. The Hall–Kier alpha value is -2.21. The third-order valence-electron chi connectivity index (χ3n) is 3.68. The molecule has 0 saturated carbocycles. The monoisotopic (exact) mass is 285 g/mol. The van der Waals surface area contributed by atoms with E-state index in [1.165, 1.54) is 0 Å². The standard InChI is InChI=1S/C15H19N5O/c16-14-15(19-9-11-3-7-21-8-4-11)20-13(10-18-14)12-1-5-17-6-2-12/h1-2,5-6,10-11H,3-4,7-9H2,(H2,16,18)(H,19,20). The third kappa shape index (κ3) is 3.46. The molecule has 21 heavy (non-hydrogen) atoms. The van der Waals surface area contributed by atoms with Gasteiger partial charge < -0.3 is 15.8 Å². The number of pyridine rings is 1. The highest BCUT2D eigenvalue weighted by Gasteiger charge is 2.14. The van der Waals surface area contributed by atoms with Crippen LogP contribution in [0.2, 0.25) is 0 Å². The van der Waals surface area contributed by atoms with Gasteiger partial charge in [-0.3, -0.25) is 4.98 Å². The molecule has 3 heterocycles. The molecule has 2 aromatic heterocycles. The molecule has 3 rings (SSSR count). The minimum Gasteiger partial charge on any atom is -0.381 e. The summed E-state index contributed by atoms with van der Waals surface area (Å²) < 4.78 is 5.37. The molecule has 0 radical (unpaired) electrons. The first kappa shape index (κ1) is 13.8. The molecular weight excluding hydrogens is 266 g/mol. The van der Waals surface area contributed by atoms with Gasteiger partial charge >= 0.3 is 0 Å². The van der Waals surface area contributed by atoms with Crippen LogP contribution in [0.5, 0.6) is 0 Å². The zero-order valence-corrected chi connectivity index (χ0v) is 11.8. The number of nitrogens with two attached hydrogens (primary N) is 1. The van der Waals surface area contributed by atoms with Crippen molar-refractivity contribution in [2.24, 2.45) is 5.92 Å². The smallest absolute Gasteiger partial charge is 0.169 e. The predicted octanol–water partition coefficient (Wildman–Crippen LogP) is 1.96. The van der Waals surface area contributed by atoms with E-state index in [9.17, 15) is 0 Å². The normalized spacial score (nSPS) is 15.8. The molecule has 1 saturated heterocycles. The van der Waals surface area contributed by atoms with Gasteiger partial charge in [-0.1, -0.05) is 0 Å². The lowest BCUT2D eigenvalue weighted by Crippen LogP contribution is -2.23. The van der Waals surface area contributed by atoms with Crippen molar-refractivity contribution in [1.82, 2.24) is 15.0 Å². The number of anilines is 2. The molecule has 6 nitrogen and oxygen atoms in total. The molecule has 1 aliphatic rings. The van der Waals surface area contributed by atoms with Gasteiger partial charge in [0.05, 0.1) is 11.9 Å². The molecule has 0 amide bonds. The predicted molar refractivity (Wildman–Crippen MR) is 81.7 cm³/mol. The van der Waals surface area contributed by atoms with Gasteiger partial charge in [0.25, 0.3) is 0 Å². The first-order valence-electron chi connectivity index (χ1n) is 7.17. The second kappa shape index (κ2) is 6.49. The molecule has 0 atom stereocenters. The molecular formula is C15H19N5O. The van der Waals surface area contributed by atoms with Crippen LogP contribution in [0.3, 0.4) is 0 Å². The fourth-order valence-corrected chi connectivity index (χ4v) is 2.38. The van der Waals surface area contributed by atoms with E-state index in [1.54, 1.807) is 18.6 Å². The lowest BCUT2D eigenvalue weighted by molar-refractivity contribution is 0.0699. The van der Waals surface area contributed by atoms with Gasteiger partial charge in [-0.05, 0) is 30.9 Å². The number of rotatable bonds is 4. The number of nitrogens with zero attached hydrogens (tertiary/aromatic N) is 3. The molecule has 2 aromatic rings. The molecule has 0 unspecified atom stereocenters. The van der Waals surface area contributed by atoms with Gasteiger partial charge in [-0.15, -0.1) is 0 Å². The fraction of sp³-hybridized carbons (Fsp3) is 0.400. The molecule has 0 aliphatic carbocycles. The Labute approximate surface area is 123 Å². The summed E-state index contributed by atoms with van der Waals surface area (Å²) in [4.78, 5) is 12.8. The van der Waals surface area contributed by atoms with Crippen molar-refractivity contribution in [2.75, 3.05) is 30.8 Å². The van der Waals surface area contributed by atoms with E-state index in [1.807, 2.05) is 12.1 Å². The van der Waals surface area contributed by atoms with Crippen molar-refractivity contribution in [3.05, 3.63) is 30.7 Å². The highest BCUT2D eigenvalue weighted by molar-refractivity contribution is 5.64. The molecule has 0 spiro atoms. The summed E-state index contributed by atoms with van der Waals surface area (Å²) >= 11 is 0. The largest absolute Gasteiger partial charge is 0.381 e. The van der Waals surface area contributed by atoms with Crippen LogP contribution in [0.4, 0.5) is 11.6 Å². The van der Waals surface area contributed by atoms with Gasteiger partial charge in [0.15, 0.2) is 11.6 Å². The quantitative estimate of drug-likeness (QED) is 0.893. The van der Waals surface area contributed by atoms with Crippen molar-refractivity contribution >= 4 is 11.6 Å². The summed E-state index contributed by atoms with van der Waals surface area (Å²) in [6.07, 6.45) is 7.31. The Morgan fingerprint density at radius 1 is 1.24 bits per heavy atom. The van der Waals surface area contributed by atoms with E-state index in [0.717, 1.165) is 43.9 Å². The highest BCUT2D eigenvalue weighted by Crippen LogP contribution is 2.22. The summed E-state index contributed by atoms with van der Waals surface area (Å²) in [7, 11) is 0. The van der Waals surface area contributed by atoms with Crippen molar-refractivity contribution in [2.45, 2.75) is 12.8 Å². The van der Waals surface area contributed by atoms with Gasteiger partial charge in [0, 0.05) is 37.7 Å². The first-order chi connectivity index (χ1) is 10.3. The van der Waals surface area contributed by atoms with Gasteiger partial charge in [-0.2, -0.15) is 0 Å². The van der Waals surface area contributed by atoms with Gasteiger partial charge in [0.1, 0.15) is 0 Å². The minimum absolute atomic E-state index is 0.430. The van der Waals surface area contributed by atoms with E-state index in [2.05, 4.69) is 20.3 Å². The topological polar surface area (TPSA) is 86.0 Å². The van der Waals surface area contributed by atoms with Crippen LogP contribution in [-0.4, -0.2) is 34.7 Å². The maximum Gasteiger partial charge on any atom is 0.169 e. The van der Waals surface area contributed by atoms with Crippen LogP contribution in [0.1, 0.15) is 12.8 Å². The Morgan fingerprint density at radius 2 is 2.00 bits per heavy atom. The minimum atomic E-state index is 0.430. The number of hydrogen-bond donors (Lipinski definition) is 2. The Balaban J connectivity index is 1.72. The fourth-order valence-electron chi connectivity index (χ4n) is 2.38. The Kier molecular flexibility index (Phi) is 4.25. The summed E-state index contributed by atoms with van der Waals surface area (Å²) in [6, 6.07) is 3.81. The molecule has 0 aromatic carbocycles. The summed E-state index contributed by atoms with van der Waals surface area (Å²) in [6.45, 7) is 2.52. The number of ether oxygens (including phenoxy) is 1. The number of nitrogens with one attached hydrogen (secondary N) is 1. The molecule has 1 fully saturated rings. The van der Waals surface area contributed by atoms with Gasteiger partial charge in [0.2, 0.25) is 0 Å². The lowest BCUT2D eigenvalue weighted by Gasteiger charge is -2.22. The SMILES string of the molecule is Nc1ncc(-c2ccncc2)nc1NCC1CCOCC1. The first-order valence-corrected chi connectivity index (χ1v) is 7.17. The van der Waals surface area contributed by atoms with Crippen LogP contribution in [0, 0.1) is 5.92 Å². The summed E-state index contributed by atoms with van der Waals surface area (Å²) in [5, 5.41) is 3.32. The summed E-state index contributed by atoms with van der Waals surface area (Å²) in [5.74, 6) is 1.68. The second-order valence-electron chi connectivity index (χ2n) is 5.16. The molecule has 1 aliphatic heterocycles.